The number of hydrogen-bond acceptors (Lipinski definition) is 5. The average Bonchev–Trinajstić information content (AvgIpc) is 2.74. The molecule has 5 nitrogen and oxygen atoms in total. The summed E-state index contributed by atoms with van der Waals surface area (Å²) in [4.78, 5) is 20.6. The normalized spacial score (nSPS) is 14.9. The van der Waals surface area contributed by atoms with E-state index < -0.39 is 0 Å². The number of benzene rings is 2. The van der Waals surface area contributed by atoms with Crippen molar-refractivity contribution in [3.05, 3.63) is 67.9 Å². The number of nitrogens with zero attached hydrogens (tertiary/aromatic N) is 3. The van der Waals surface area contributed by atoms with E-state index in [1.165, 1.54) is 16.7 Å². The van der Waals surface area contributed by atoms with E-state index in [9.17, 15) is 4.79 Å². The van der Waals surface area contributed by atoms with Gasteiger partial charge in [-0.05, 0) is 44.0 Å². The molecule has 1 fully saturated rings. The van der Waals surface area contributed by atoms with E-state index in [2.05, 4.69) is 52.9 Å². The average molecular weight is 502 g/mol. The van der Waals surface area contributed by atoms with Crippen LogP contribution in [0.2, 0.25) is 0 Å². The fourth-order valence-electron chi connectivity index (χ4n) is 4.06. The van der Waals surface area contributed by atoms with Crippen LogP contribution < -0.4 is 5.56 Å². The molecule has 0 saturated carbocycles. The van der Waals surface area contributed by atoms with Crippen molar-refractivity contribution in [3.63, 3.8) is 0 Å². The summed E-state index contributed by atoms with van der Waals surface area (Å²) in [6.07, 6.45) is 0.915. The van der Waals surface area contributed by atoms with E-state index in [-0.39, 0.29) is 5.56 Å². The molecule has 3 aromatic rings. The first-order chi connectivity index (χ1) is 15.0. The van der Waals surface area contributed by atoms with Crippen molar-refractivity contribution < 1.29 is 4.74 Å². The molecule has 2 aromatic carbocycles. The summed E-state index contributed by atoms with van der Waals surface area (Å²) in [6, 6.07) is 12.3. The first kappa shape index (κ1) is 22.5. The van der Waals surface area contributed by atoms with Gasteiger partial charge in [-0.1, -0.05) is 57.0 Å². The zero-order valence-electron chi connectivity index (χ0n) is 18.1. The molecule has 1 aromatic heterocycles. The first-order valence-corrected chi connectivity index (χ1v) is 12.5. The molecule has 1 aliphatic heterocycles. The van der Waals surface area contributed by atoms with Crippen LogP contribution in [0.15, 0.2) is 50.8 Å². The number of ether oxygens (including phenoxy) is 1. The van der Waals surface area contributed by atoms with Crippen molar-refractivity contribution in [1.82, 2.24) is 14.5 Å². The number of aromatic nitrogens is 2. The lowest BCUT2D eigenvalue weighted by molar-refractivity contribution is 0.0368. The zero-order valence-corrected chi connectivity index (χ0v) is 20.5. The van der Waals surface area contributed by atoms with Crippen LogP contribution in [0, 0.1) is 13.8 Å². The molecule has 0 N–H and O–H groups in total. The van der Waals surface area contributed by atoms with Crippen molar-refractivity contribution in [2.75, 3.05) is 32.8 Å². The molecule has 164 valence electrons. The third kappa shape index (κ3) is 5.77. The Hall–Kier alpha value is -1.67. The molecule has 1 aliphatic rings. The topological polar surface area (TPSA) is 47.4 Å². The Bertz CT molecular complexity index is 1110. The van der Waals surface area contributed by atoms with Gasteiger partial charge in [-0.25, -0.2) is 4.98 Å². The number of rotatable bonds is 7. The van der Waals surface area contributed by atoms with Crippen molar-refractivity contribution in [2.45, 2.75) is 37.7 Å². The highest BCUT2D eigenvalue weighted by Gasteiger charge is 2.14. The van der Waals surface area contributed by atoms with Crippen molar-refractivity contribution in [1.29, 1.82) is 0 Å². The Morgan fingerprint density at radius 2 is 1.81 bits per heavy atom. The second-order valence-electron chi connectivity index (χ2n) is 8.10. The van der Waals surface area contributed by atoms with Crippen LogP contribution in [0.4, 0.5) is 0 Å². The van der Waals surface area contributed by atoms with Gasteiger partial charge in [0.15, 0.2) is 5.16 Å². The molecule has 0 unspecified atom stereocenters. The second kappa shape index (κ2) is 10.3. The molecule has 7 heteroatoms. The van der Waals surface area contributed by atoms with E-state index in [0.717, 1.165) is 60.2 Å². The minimum absolute atomic E-state index is 0.0381. The summed E-state index contributed by atoms with van der Waals surface area (Å²) in [6.45, 7) is 9.39. The highest BCUT2D eigenvalue weighted by Crippen LogP contribution is 2.25. The van der Waals surface area contributed by atoms with E-state index >= 15 is 0 Å². The maximum absolute atomic E-state index is 13.4. The molecule has 31 heavy (non-hydrogen) atoms. The van der Waals surface area contributed by atoms with Crippen LogP contribution in [-0.2, 0) is 17.0 Å². The van der Waals surface area contributed by atoms with E-state index in [4.69, 9.17) is 9.72 Å². The molecular weight excluding hydrogens is 474 g/mol. The van der Waals surface area contributed by atoms with E-state index in [1.807, 2.05) is 22.8 Å². The zero-order chi connectivity index (χ0) is 21.8. The summed E-state index contributed by atoms with van der Waals surface area (Å²) in [5.41, 5.74) is 4.56. The Kier molecular flexibility index (Phi) is 7.48. The number of aryl methyl sites for hydroxylation is 2. The molecular formula is C24H28BrN3O2S. The molecule has 0 aliphatic carbocycles. The lowest BCUT2D eigenvalue weighted by atomic mass is 10.1. The third-order valence-corrected chi connectivity index (χ3v) is 7.03. The largest absolute Gasteiger partial charge is 0.379 e. The summed E-state index contributed by atoms with van der Waals surface area (Å²) in [7, 11) is 0. The van der Waals surface area contributed by atoms with Gasteiger partial charge in [-0.2, -0.15) is 0 Å². The second-order valence-corrected chi connectivity index (χ2v) is 9.96. The minimum atomic E-state index is 0.0381. The van der Waals surface area contributed by atoms with Gasteiger partial charge < -0.3 is 4.74 Å². The van der Waals surface area contributed by atoms with Gasteiger partial charge >= 0.3 is 0 Å². The SMILES string of the molecule is Cc1cc(C)cc(CSc2nc3ccc(Br)cc3c(=O)n2CCCN2CCOCC2)c1. The van der Waals surface area contributed by atoms with E-state index in [0.29, 0.717) is 11.9 Å². The first-order valence-electron chi connectivity index (χ1n) is 10.7. The molecule has 4 rings (SSSR count). The molecule has 0 spiro atoms. The van der Waals surface area contributed by atoms with Gasteiger partial charge in [0, 0.05) is 36.4 Å². The summed E-state index contributed by atoms with van der Waals surface area (Å²) >= 11 is 5.13. The van der Waals surface area contributed by atoms with Crippen molar-refractivity contribution >= 4 is 38.6 Å². The summed E-state index contributed by atoms with van der Waals surface area (Å²) < 4.78 is 8.20. The fourth-order valence-corrected chi connectivity index (χ4v) is 5.37. The van der Waals surface area contributed by atoms with Crippen molar-refractivity contribution in [3.8, 4) is 0 Å². The Morgan fingerprint density at radius 3 is 2.55 bits per heavy atom. The van der Waals surface area contributed by atoms with Gasteiger partial charge in [0.25, 0.3) is 5.56 Å². The molecule has 2 heterocycles. The van der Waals surface area contributed by atoms with Gasteiger partial charge in [0.1, 0.15) is 0 Å². The van der Waals surface area contributed by atoms with Crippen molar-refractivity contribution in [2.24, 2.45) is 0 Å². The molecule has 0 amide bonds. The third-order valence-electron chi connectivity index (χ3n) is 5.49. The van der Waals surface area contributed by atoms with Crippen LogP contribution >= 0.6 is 27.7 Å². The lowest BCUT2D eigenvalue weighted by Crippen LogP contribution is -2.37. The maximum atomic E-state index is 13.4. The highest BCUT2D eigenvalue weighted by molar-refractivity contribution is 9.10. The number of thioether (sulfide) groups is 1. The quantitative estimate of drug-likeness (QED) is 0.344. The molecule has 0 bridgehead atoms. The Morgan fingerprint density at radius 1 is 1.06 bits per heavy atom. The smallest absolute Gasteiger partial charge is 0.262 e. The van der Waals surface area contributed by atoms with Crippen LogP contribution in [0.1, 0.15) is 23.1 Å². The van der Waals surface area contributed by atoms with Gasteiger partial charge in [-0.15, -0.1) is 0 Å². The fraction of sp³-hybridized carbons (Fsp3) is 0.417. The van der Waals surface area contributed by atoms with E-state index in [1.54, 1.807) is 11.8 Å². The van der Waals surface area contributed by atoms with Gasteiger partial charge in [0.2, 0.25) is 0 Å². The summed E-state index contributed by atoms with van der Waals surface area (Å²) in [5.74, 6) is 0.792. The minimum Gasteiger partial charge on any atom is -0.379 e. The number of halogens is 1. The molecule has 1 saturated heterocycles. The standard InChI is InChI=1S/C24H28BrN3O2S/c1-17-12-18(2)14-19(13-17)16-31-24-26-22-5-4-20(25)15-21(22)23(29)28(24)7-3-6-27-8-10-30-11-9-27/h4-5,12-15H,3,6-11,16H2,1-2H3. The predicted octanol–water partition coefficient (Wildman–Crippen LogP) is 4.79. The molecule has 0 atom stereocenters. The molecule has 0 radical (unpaired) electrons. The van der Waals surface area contributed by atoms with Gasteiger partial charge in [-0.3, -0.25) is 14.3 Å². The van der Waals surface area contributed by atoms with Crippen LogP contribution in [0.3, 0.4) is 0 Å². The van der Waals surface area contributed by atoms with Gasteiger partial charge in [0.05, 0.1) is 24.1 Å². The lowest BCUT2D eigenvalue weighted by Gasteiger charge is -2.26. The van der Waals surface area contributed by atoms with Crippen LogP contribution in [-0.4, -0.2) is 47.3 Å². The van der Waals surface area contributed by atoms with Crippen LogP contribution in [0.25, 0.3) is 10.9 Å². The number of morpholine rings is 1. The van der Waals surface area contributed by atoms with Crippen LogP contribution in [0.5, 0.6) is 0 Å². The number of hydrogen-bond donors (Lipinski definition) is 0. The highest BCUT2D eigenvalue weighted by atomic mass is 79.9. The summed E-state index contributed by atoms with van der Waals surface area (Å²) in [5, 5.41) is 1.46. The predicted molar refractivity (Wildman–Crippen MR) is 131 cm³/mol. The number of fused-ring (bicyclic) bond motifs is 1. The monoisotopic (exact) mass is 501 g/mol. The Labute approximate surface area is 195 Å². The maximum Gasteiger partial charge on any atom is 0.262 e. The Balaban J connectivity index is 1.59.